The second kappa shape index (κ2) is 5.48. The summed E-state index contributed by atoms with van der Waals surface area (Å²) in [5.41, 5.74) is 1.46. The van der Waals surface area contributed by atoms with Gasteiger partial charge in [0, 0.05) is 24.6 Å². The molecule has 4 nitrogen and oxygen atoms in total. The standard InChI is InChI=1S/C14H22N2O2/c1-15-9-14(6-7-14)10-16-12-5-4-11(17-2)8-13(12)18-3/h4-5,8,15-16H,6-7,9-10H2,1-3H3. The van der Waals surface area contributed by atoms with Gasteiger partial charge in [-0.2, -0.15) is 0 Å². The molecule has 0 unspecified atom stereocenters. The summed E-state index contributed by atoms with van der Waals surface area (Å²) in [7, 11) is 5.35. The third-order valence-corrected chi connectivity index (χ3v) is 3.57. The maximum Gasteiger partial charge on any atom is 0.145 e. The van der Waals surface area contributed by atoms with Gasteiger partial charge in [0.15, 0.2) is 0 Å². The zero-order valence-corrected chi connectivity index (χ0v) is 11.4. The Morgan fingerprint density at radius 2 is 1.94 bits per heavy atom. The van der Waals surface area contributed by atoms with Crippen LogP contribution in [0.25, 0.3) is 0 Å². The van der Waals surface area contributed by atoms with Gasteiger partial charge in [0.05, 0.1) is 19.9 Å². The molecular formula is C14H22N2O2. The maximum atomic E-state index is 5.38. The molecule has 1 aliphatic rings. The molecule has 18 heavy (non-hydrogen) atoms. The molecule has 2 rings (SSSR count). The third kappa shape index (κ3) is 2.88. The Morgan fingerprint density at radius 1 is 1.17 bits per heavy atom. The number of methoxy groups -OCH3 is 2. The second-order valence-electron chi connectivity index (χ2n) is 4.95. The Kier molecular flexibility index (Phi) is 3.97. The summed E-state index contributed by atoms with van der Waals surface area (Å²) >= 11 is 0. The summed E-state index contributed by atoms with van der Waals surface area (Å²) in [5, 5.41) is 6.74. The average Bonchev–Trinajstić information content (AvgIpc) is 3.17. The molecule has 1 aromatic rings. The minimum absolute atomic E-state index is 0.430. The van der Waals surface area contributed by atoms with Crippen LogP contribution in [0.3, 0.4) is 0 Å². The summed E-state index contributed by atoms with van der Waals surface area (Å²) in [6.07, 6.45) is 2.58. The zero-order valence-electron chi connectivity index (χ0n) is 11.4. The average molecular weight is 250 g/mol. The monoisotopic (exact) mass is 250 g/mol. The smallest absolute Gasteiger partial charge is 0.145 e. The van der Waals surface area contributed by atoms with Crippen molar-refractivity contribution in [3.8, 4) is 11.5 Å². The molecule has 100 valence electrons. The van der Waals surface area contributed by atoms with Crippen molar-refractivity contribution in [2.45, 2.75) is 12.8 Å². The number of anilines is 1. The highest BCUT2D eigenvalue weighted by molar-refractivity contribution is 5.59. The van der Waals surface area contributed by atoms with Crippen LogP contribution in [-0.2, 0) is 0 Å². The number of benzene rings is 1. The third-order valence-electron chi connectivity index (χ3n) is 3.57. The summed E-state index contributed by atoms with van der Waals surface area (Å²) in [4.78, 5) is 0. The highest BCUT2D eigenvalue weighted by atomic mass is 16.5. The van der Waals surface area contributed by atoms with Gasteiger partial charge >= 0.3 is 0 Å². The van der Waals surface area contributed by atoms with E-state index in [1.54, 1.807) is 14.2 Å². The van der Waals surface area contributed by atoms with Crippen molar-refractivity contribution < 1.29 is 9.47 Å². The summed E-state index contributed by atoms with van der Waals surface area (Å²) in [6.45, 7) is 2.05. The molecule has 0 atom stereocenters. The molecule has 1 aliphatic carbocycles. The highest BCUT2D eigenvalue weighted by Gasteiger charge is 2.41. The predicted molar refractivity (Wildman–Crippen MR) is 73.6 cm³/mol. The minimum Gasteiger partial charge on any atom is -0.497 e. The van der Waals surface area contributed by atoms with Gasteiger partial charge in [0.1, 0.15) is 11.5 Å². The molecule has 4 heteroatoms. The van der Waals surface area contributed by atoms with Gasteiger partial charge in [0.2, 0.25) is 0 Å². The number of ether oxygens (including phenoxy) is 2. The van der Waals surface area contributed by atoms with E-state index >= 15 is 0 Å². The van der Waals surface area contributed by atoms with E-state index < -0.39 is 0 Å². The molecule has 0 heterocycles. The Bertz CT molecular complexity index is 403. The summed E-state index contributed by atoms with van der Waals surface area (Å²) < 4.78 is 10.6. The molecule has 2 N–H and O–H groups in total. The minimum atomic E-state index is 0.430. The molecule has 0 radical (unpaired) electrons. The Hall–Kier alpha value is -1.42. The van der Waals surface area contributed by atoms with Crippen molar-refractivity contribution in [3.05, 3.63) is 18.2 Å². The van der Waals surface area contributed by atoms with Gasteiger partial charge in [-0.05, 0) is 32.0 Å². The van der Waals surface area contributed by atoms with E-state index in [4.69, 9.17) is 9.47 Å². The zero-order chi connectivity index (χ0) is 13.0. The highest BCUT2D eigenvalue weighted by Crippen LogP contribution is 2.45. The van der Waals surface area contributed by atoms with Crippen molar-refractivity contribution in [1.82, 2.24) is 5.32 Å². The lowest BCUT2D eigenvalue weighted by Gasteiger charge is -2.18. The molecule has 0 aromatic heterocycles. The van der Waals surface area contributed by atoms with Crippen molar-refractivity contribution in [3.63, 3.8) is 0 Å². The first kappa shape index (κ1) is 13.0. The van der Waals surface area contributed by atoms with Crippen LogP contribution < -0.4 is 20.1 Å². The van der Waals surface area contributed by atoms with Crippen molar-refractivity contribution >= 4 is 5.69 Å². The van der Waals surface area contributed by atoms with Crippen LogP contribution >= 0.6 is 0 Å². The molecule has 0 bridgehead atoms. The number of rotatable bonds is 7. The van der Waals surface area contributed by atoms with Crippen LogP contribution in [0, 0.1) is 5.41 Å². The molecule has 1 fully saturated rings. The first-order valence-corrected chi connectivity index (χ1v) is 6.33. The molecule has 0 spiro atoms. The molecule has 0 amide bonds. The van der Waals surface area contributed by atoms with Crippen LogP contribution in [0.1, 0.15) is 12.8 Å². The SMILES string of the molecule is CNCC1(CNc2ccc(OC)cc2OC)CC1. The van der Waals surface area contributed by atoms with Crippen LogP contribution in [0.4, 0.5) is 5.69 Å². The molecule has 1 aromatic carbocycles. The first-order chi connectivity index (χ1) is 8.73. The Labute approximate surface area is 109 Å². The van der Waals surface area contributed by atoms with Crippen LogP contribution in [0.5, 0.6) is 11.5 Å². The number of hydrogen-bond donors (Lipinski definition) is 2. The molecule has 0 saturated heterocycles. The van der Waals surface area contributed by atoms with E-state index in [0.29, 0.717) is 5.41 Å². The largest absolute Gasteiger partial charge is 0.497 e. The fourth-order valence-corrected chi connectivity index (χ4v) is 2.20. The summed E-state index contributed by atoms with van der Waals surface area (Å²) in [5.74, 6) is 1.64. The Morgan fingerprint density at radius 3 is 2.50 bits per heavy atom. The van der Waals surface area contributed by atoms with E-state index in [1.807, 2.05) is 25.2 Å². The molecule has 1 saturated carbocycles. The van der Waals surface area contributed by atoms with Gasteiger partial charge in [-0.15, -0.1) is 0 Å². The fourth-order valence-electron chi connectivity index (χ4n) is 2.20. The second-order valence-corrected chi connectivity index (χ2v) is 4.95. The molecular weight excluding hydrogens is 228 g/mol. The topological polar surface area (TPSA) is 42.5 Å². The quantitative estimate of drug-likeness (QED) is 0.778. The van der Waals surface area contributed by atoms with E-state index in [2.05, 4.69) is 10.6 Å². The van der Waals surface area contributed by atoms with E-state index in [1.165, 1.54) is 12.8 Å². The van der Waals surface area contributed by atoms with Crippen LogP contribution in [-0.4, -0.2) is 34.4 Å². The fraction of sp³-hybridized carbons (Fsp3) is 0.571. The number of hydrogen-bond acceptors (Lipinski definition) is 4. The lowest BCUT2D eigenvalue weighted by molar-refractivity contribution is 0.395. The van der Waals surface area contributed by atoms with Crippen molar-refractivity contribution in [2.75, 3.05) is 39.7 Å². The van der Waals surface area contributed by atoms with E-state index in [-0.39, 0.29) is 0 Å². The Balaban J connectivity index is 2.00. The number of nitrogens with one attached hydrogen (secondary N) is 2. The lowest BCUT2D eigenvalue weighted by atomic mass is 10.1. The van der Waals surface area contributed by atoms with Crippen LogP contribution in [0.2, 0.25) is 0 Å². The molecule has 0 aliphatic heterocycles. The van der Waals surface area contributed by atoms with Gasteiger partial charge in [-0.1, -0.05) is 0 Å². The van der Waals surface area contributed by atoms with Crippen molar-refractivity contribution in [1.29, 1.82) is 0 Å². The lowest BCUT2D eigenvalue weighted by Crippen LogP contribution is -2.26. The van der Waals surface area contributed by atoms with Crippen LogP contribution in [0.15, 0.2) is 18.2 Å². The predicted octanol–water partition coefficient (Wildman–Crippen LogP) is 2.12. The summed E-state index contributed by atoms with van der Waals surface area (Å²) in [6, 6.07) is 5.86. The van der Waals surface area contributed by atoms with Crippen molar-refractivity contribution in [2.24, 2.45) is 5.41 Å². The van der Waals surface area contributed by atoms with Gasteiger partial charge in [-0.3, -0.25) is 0 Å². The van der Waals surface area contributed by atoms with E-state index in [0.717, 1.165) is 30.3 Å². The first-order valence-electron chi connectivity index (χ1n) is 6.33. The normalized spacial score (nSPS) is 16.2. The van der Waals surface area contributed by atoms with E-state index in [9.17, 15) is 0 Å². The van der Waals surface area contributed by atoms with Gasteiger partial charge < -0.3 is 20.1 Å². The maximum absolute atomic E-state index is 5.38. The van der Waals surface area contributed by atoms with Gasteiger partial charge in [-0.25, -0.2) is 0 Å². The van der Waals surface area contributed by atoms with Gasteiger partial charge in [0.25, 0.3) is 0 Å².